The number of benzene rings is 2. The molecule has 7 heteroatoms. The molecule has 5 rings (SSSR count). The van der Waals surface area contributed by atoms with Crippen molar-refractivity contribution in [2.45, 2.75) is 32.5 Å². The van der Waals surface area contributed by atoms with Crippen LogP contribution in [0.5, 0.6) is 11.5 Å². The number of hydrogen-bond donors (Lipinski definition) is 1. The summed E-state index contributed by atoms with van der Waals surface area (Å²) >= 11 is 0. The molecule has 39 heavy (non-hydrogen) atoms. The minimum atomic E-state index is 0.317. The van der Waals surface area contributed by atoms with Crippen LogP contribution in [0.15, 0.2) is 73.3 Å². The van der Waals surface area contributed by atoms with Gasteiger partial charge >= 0.3 is 0 Å². The zero-order chi connectivity index (χ0) is 27.2. The van der Waals surface area contributed by atoms with E-state index in [1.54, 1.807) is 27.6 Å². The summed E-state index contributed by atoms with van der Waals surface area (Å²) in [5.74, 6) is 1.99. The minimum absolute atomic E-state index is 0.317. The molecule has 1 N–H and O–H groups in total. The molecule has 0 spiro atoms. The summed E-state index contributed by atoms with van der Waals surface area (Å²) in [4.78, 5) is 7.41. The Morgan fingerprint density at radius 1 is 0.974 bits per heavy atom. The first-order chi connectivity index (χ1) is 19.1. The Morgan fingerprint density at radius 3 is 2.56 bits per heavy atom. The van der Waals surface area contributed by atoms with Crippen molar-refractivity contribution in [2.75, 3.05) is 39.7 Å². The van der Waals surface area contributed by atoms with E-state index >= 15 is 0 Å². The second-order valence-electron chi connectivity index (χ2n) is 10.2. The number of ether oxygens (including phenoxy) is 3. The van der Waals surface area contributed by atoms with E-state index in [0.717, 1.165) is 65.4 Å². The van der Waals surface area contributed by atoms with Gasteiger partial charge in [-0.1, -0.05) is 43.3 Å². The van der Waals surface area contributed by atoms with Crippen molar-refractivity contribution in [1.82, 2.24) is 14.5 Å². The third-order valence-electron chi connectivity index (χ3n) is 7.62. The second-order valence-corrected chi connectivity index (χ2v) is 10.2. The highest BCUT2D eigenvalue weighted by molar-refractivity contribution is 5.94. The normalized spacial score (nSPS) is 17.9. The zero-order valence-corrected chi connectivity index (χ0v) is 23.3. The van der Waals surface area contributed by atoms with E-state index < -0.39 is 0 Å². The van der Waals surface area contributed by atoms with Crippen LogP contribution in [0.2, 0.25) is 0 Å². The number of fused-ring (bicyclic) bond motifs is 1. The Morgan fingerprint density at radius 2 is 1.79 bits per heavy atom. The lowest BCUT2D eigenvalue weighted by Crippen LogP contribution is -2.46. The molecule has 204 valence electrons. The van der Waals surface area contributed by atoms with Gasteiger partial charge in [-0.15, -0.1) is 0 Å². The van der Waals surface area contributed by atoms with E-state index in [-0.39, 0.29) is 0 Å². The van der Waals surface area contributed by atoms with Crippen LogP contribution >= 0.6 is 0 Å². The lowest BCUT2D eigenvalue weighted by molar-refractivity contribution is 0.170. The quantitative estimate of drug-likeness (QED) is 0.254. The number of anilines is 1. The molecular weight excluding hydrogens is 488 g/mol. The monoisotopic (exact) mass is 526 g/mol. The van der Waals surface area contributed by atoms with E-state index in [1.807, 2.05) is 24.4 Å². The van der Waals surface area contributed by atoms with E-state index in [0.29, 0.717) is 18.5 Å². The van der Waals surface area contributed by atoms with Crippen molar-refractivity contribution < 1.29 is 14.2 Å². The standard InChI is InChI=1S/C32H38N4O3/c1-23-12-15-35(20-24-8-6-5-7-9-24)22-28(23)34-31-26(14-17-37-2)19-33-32-27(31)13-16-36(32)21-25-10-11-29(38-3)30(18-25)39-4/h5-11,13-14,16-19,23,28H,12,15,20-22H2,1-4H3,(H,33,34)/b17-14-/t23-,28+/m1/s1. The summed E-state index contributed by atoms with van der Waals surface area (Å²) in [5.41, 5.74) is 5.51. The van der Waals surface area contributed by atoms with Gasteiger partial charge in [0.25, 0.3) is 0 Å². The molecule has 1 fully saturated rings. The first-order valence-electron chi connectivity index (χ1n) is 13.5. The van der Waals surface area contributed by atoms with Crippen LogP contribution in [0, 0.1) is 5.92 Å². The van der Waals surface area contributed by atoms with Crippen LogP contribution in [0.1, 0.15) is 30.0 Å². The molecule has 3 heterocycles. The summed E-state index contributed by atoms with van der Waals surface area (Å²) in [6.45, 7) is 6.09. The van der Waals surface area contributed by atoms with Crippen molar-refractivity contribution in [3.8, 4) is 11.5 Å². The Hall–Kier alpha value is -3.97. The van der Waals surface area contributed by atoms with E-state index in [9.17, 15) is 0 Å². The second kappa shape index (κ2) is 12.3. The van der Waals surface area contributed by atoms with Gasteiger partial charge in [-0.3, -0.25) is 4.90 Å². The highest BCUT2D eigenvalue weighted by Gasteiger charge is 2.27. The maximum absolute atomic E-state index is 5.51. The molecule has 0 amide bonds. The number of nitrogens with zero attached hydrogens (tertiary/aromatic N) is 3. The molecule has 7 nitrogen and oxygen atoms in total. The van der Waals surface area contributed by atoms with Gasteiger partial charge in [0.1, 0.15) is 5.65 Å². The van der Waals surface area contributed by atoms with Gasteiger partial charge in [0.15, 0.2) is 11.5 Å². The topological polar surface area (TPSA) is 60.8 Å². The number of aromatic nitrogens is 2. The first-order valence-corrected chi connectivity index (χ1v) is 13.5. The maximum atomic E-state index is 5.51. The predicted molar refractivity (Wildman–Crippen MR) is 157 cm³/mol. The molecule has 0 radical (unpaired) electrons. The fourth-order valence-electron chi connectivity index (χ4n) is 5.38. The molecule has 0 unspecified atom stereocenters. The number of piperidine rings is 1. The first kappa shape index (κ1) is 26.6. The molecule has 4 aromatic rings. The van der Waals surface area contributed by atoms with Crippen molar-refractivity contribution in [3.63, 3.8) is 0 Å². The third-order valence-corrected chi connectivity index (χ3v) is 7.62. The lowest BCUT2D eigenvalue weighted by atomic mass is 9.92. The van der Waals surface area contributed by atoms with E-state index in [4.69, 9.17) is 19.2 Å². The maximum Gasteiger partial charge on any atom is 0.161 e. The van der Waals surface area contributed by atoms with Gasteiger partial charge in [-0.2, -0.15) is 0 Å². The average Bonchev–Trinajstić information content (AvgIpc) is 3.37. The van der Waals surface area contributed by atoms with Crippen LogP contribution in [0.4, 0.5) is 5.69 Å². The molecule has 0 saturated carbocycles. The number of hydrogen-bond acceptors (Lipinski definition) is 6. The van der Waals surface area contributed by atoms with Crippen molar-refractivity contribution in [1.29, 1.82) is 0 Å². The lowest BCUT2D eigenvalue weighted by Gasteiger charge is -2.38. The van der Waals surface area contributed by atoms with Crippen LogP contribution in [0.3, 0.4) is 0 Å². The number of nitrogens with one attached hydrogen (secondary N) is 1. The molecule has 2 atom stereocenters. The van der Waals surface area contributed by atoms with Gasteiger partial charge in [0.05, 0.1) is 33.3 Å². The van der Waals surface area contributed by atoms with Gasteiger partial charge in [0, 0.05) is 49.0 Å². The molecule has 2 aromatic heterocycles. The Balaban J connectivity index is 1.43. The van der Waals surface area contributed by atoms with Crippen LogP contribution in [-0.2, 0) is 17.8 Å². The molecule has 1 saturated heterocycles. The van der Waals surface area contributed by atoms with Gasteiger partial charge < -0.3 is 24.1 Å². The van der Waals surface area contributed by atoms with Gasteiger partial charge in [-0.25, -0.2) is 4.98 Å². The number of likely N-dealkylation sites (tertiary alicyclic amines) is 1. The molecule has 2 aromatic carbocycles. The fourth-order valence-corrected chi connectivity index (χ4v) is 5.38. The van der Waals surface area contributed by atoms with Crippen molar-refractivity contribution in [2.24, 2.45) is 5.92 Å². The molecular formula is C32H38N4O3. The summed E-state index contributed by atoms with van der Waals surface area (Å²) in [7, 11) is 4.98. The summed E-state index contributed by atoms with van der Waals surface area (Å²) in [6.07, 6.45) is 8.88. The molecule has 0 bridgehead atoms. The third kappa shape index (κ3) is 6.04. The molecule has 1 aliphatic heterocycles. The van der Waals surface area contributed by atoms with Crippen LogP contribution < -0.4 is 14.8 Å². The summed E-state index contributed by atoms with van der Waals surface area (Å²) < 4.78 is 18.4. The highest BCUT2D eigenvalue weighted by atomic mass is 16.5. The number of rotatable bonds is 10. The van der Waals surface area contributed by atoms with Gasteiger partial charge in [0.2, 0.25) is 0 Å². The summed E-state index contributed by atoms with van der Waals surface area (Å²) in [5, 5.41) is 5.04. The van der Waals surface area contributed by atoms with Crippen LogP contribution in [0.25, 0.3) is 17.1 Å². The Bertz CT molecular complexity index is 1420. The SMILES string of the molecule is CO/C=C\c1cnc2c(ccn2Cc2ccc(OC)c(OC)c2)c1N[C@H]1CN(Cc2ccccc2)CC[C@H]1C. The fraction of sp³-hybridized carbons (Fsp3) is 0.344. The predicted octanol–water partition coefficient (Wildman–Crippen LogP) is 6.04. The largest absolute Gasteiger partial charge is 0.504 e. The van der Waals surface area contributed by atoms with E-state index in [1.165, 1.54) is 5.56 Å². The zero-order valence-electron chi connectivity index (χ0n) is 23.3. The van der Waals surface area contributed by atoms with Crippen molar-refractivity contribution >= 4 is 22.8 Å². The van der Waals surface area contributed by atoms with E-state index in [2.05, 4.69) is 70.4 Å². The van der Waals surface area contributed by atoms with Gasteiger partial charge in [-0.05, 0) is 54.3 Å². The average molecular weight is 527 g/mol. The smallest absolute Gasteiger partial charge is 0.161 e. The minimum Gasteiger partial charge on any atom is -0.504 e. The Kier molecular flexibility index (Phi) is 8.37. The van der Waals surface area contributed by atoms with Crippen LogP contribution in [-0.4, -0.2) is 54.9 Å². The Labute approximate surface area is 231 Å². The highest BCUT2D eigenvalue weighted by Crippen LogP contribution is 2.33. The summed E-state index contributed by atoms with van der Waals surface area (Å²) in [6, 6.07) is 19.2. The number of pyridine rings is 1. The molecule has 1 aliphatic rings. The van der Waals surface area contributed by atoms with Crippen molar-refractivity contribution in [3.05, 3.63) is 89.9 Å². The number of methoxy groups -OCH3 is 3. The molecule has 0 aliphatic carbocycles.